The fraction of sp³-hybridized carbons (Fsp3) is 0.207. The van der Waals surface area contributed by atoms with Crippen LogP contribution in [0.25, 0.3) is 11.1 Å². The summed E-state index contributed by atoms with van der Waals surface area (Å²) in [4.78, 5) is 13.8. The number of aliphatic hydroxyl groups excluding tert-OH is 1. The largest absolute Gasteiger partial charge is 0.497 e. The van der Waals surface area contributed by atoms with Crippen LogP contribution >= 0.6 is 11.3 Å². The standard InChI is InChI=1S/C29H28N2O6S2/c1-37-22-11-13-23(14-12-22)39(35,36)31-18-26(32)28-24(15-16-38-28)25(27(31)29(33)30-34)17-19-7-9-21(10-8-19)20-5-3-2-4-6-20/h2-16,25-27,32,34H,17-18H2,1H3,(H,30,33)/t25-,26+,27-/m1/s1. The maximum absolute atomic E-state index is 13.9. The molecule has 0 saturated heterocycles. The summed E-state index contributed by atoms with van der Waals surface area (Å²) < 4.78 is 34.0. The van der Waals surface area contributed by atoms with Gasteiger partial charge < -0.3 is 9.84 Å². The molecular formula is C29H28N2O6S2. The lowest BCUT2D eigenvalue weighted by Crippen LogP contribution is -2.52. The fourth-order valence-corrected chi connectivity index (χ4v) is 7.67. The summed E-state index contributed by atoms with van der Waals surface area (Å²) in [5.41, 5.74) is 5.33. The third-order valence-electron chi connectivity index (χ3n) is 7.04. The number of rotatable bonds is 7. The lowest BCUT2D eigenvalue weighted by Gasteiger charge is -2.33. The van der Waals surface area contributed by atoms with E-state index < -0.39 is 34.0 Å². The molecule has 3 atom stereocenters. The molecule has 3 aromatic carbocycles. The molecule has 3 N–H and O–H groups in total. The second kappa shape index (κ2) is 11.3. The lowest BCUT2D eigenvalue weighted by atomic mass is 9.85. The van der Waals surface area contributed by atoms with Gasteiger partial charge in [-0.05, 0) is 64.4 Å². The molecule has 2 heterocycles. The van der Waals surface area contributed by atoms with Gasteiger partial charge in [0, 0.05) is 17.3 Å². The minimum atomic E-state index is -4.26. The first-order chi connectivity index (χ1) is 18.8. The van der Waals surface area contributed by atoms with Gasteiger partial charge in [0.05, 0.1) is 12.0 Å². The molecule has 8 nitrogen and oxygen atoms in total. The van der Waals surface area contributed by atoms with Crippen LogP contribution in [0.2, 0.25) is 0 Å². The number of nitrogens with one attached hydrogen (secondary N) is 1. The van der Waals surface area contributed by atoms with Crippen molar-refractivity contribution in [2.24, 2.45) is 0 Å². The summed E-state index contributed by atoms with van der Waals surface area (Å²) in [6.45, 7) is -0.344. The second-order valence-electron chi connectivity index (χ2n) is 9.30. The molecule has 4 aromatic rings. The molecule has 0 fully saturated rings. The van der Waals surface area contributed by atoms with Gasteiger partial charge in [0.1, 0.15) is 17.9 Å². The number of carbonyl (C=O) groups excluding carboxylic acids is 1. The highest BCUT2D eigenvalue weighted by atomic mass is 32.2. The van der Waals surface area contributed by atoms with Crippen molar-refractivity contribution in [1.29, 1.82) is 0 Å². The zero-order valence-corrected chi connectivity index (χ0v) is 22.7. The monoisotopic (exact) mass is 564 g/mol. The van der Waals surface area contributed by atoms with Crippen LogP contribution in [0.3, 0.4) is 0 Å². The fourth-order valence-electron chi connectivity index (χ4n) is 5.10. The van der Waals surface area contributed by atoms with E-state index in [0.717, 1.165) is 21.0 Å². The summed E-state index contributed by atoms with van der Waals surface area (Å²) in [6.07, 6.45) is -0.842. The number of methoxy groups -OCH3 is 1. The average Bonchev–Trinajstić information content (AvgIpc) is 3.43. The zero-order valence-electron chi connectivity index (χ0n) is 21.1. The van der Waals surface area contributed by atoms with Gasteiger partial charge in [-0.1, -0.05) is 54.6 Å². The van der Waals surface area contributed by atoms with Crippen molar-refractivity contribution in [1.82, 2.24) is 9.79 Å². The van der Waals surface area contributed by atoms with Crippen molar-refractivity contribution < 1.29 is 28.3 Å². The number of thiophene rings is 1. The number of fused-ring (bicyclic) bond motifs is 1. The molecule has 0 saturated carbocycles. The highest BCUT2D eigenvalue weighted by Crippen LogP contribution is 2.42. The van der Waals surface area contributed by atoms with E-state index in [2.05, 4.69) is 0 Å². The van der Waals surface area contributed by atoms with E-state index in [0.29, 0.717) is 22.6 Å². The first-order valence-corrected chi connectivity index (χ1v) is 14.6. The molecular weight excluding hydrogens is 536 g/mol. The van der Waals surface area contributed by atoms with Crippen molar-refractivity contribution in [3.8, 4) is 16.9 Å². The molecule has 0 bridgehead atoms. The van der Waals surface area contributed by atoms with E-state index in [1.807, 2.05) is 66.0 Å². The number of ether oxygens (including phenoxy) is 1. The van der Waals surface area contributed by atoms with Crippen LogP contribution in [-0.2, 0) is 21.2 Å². The minimum absolute atomic E-state index is 0.0533. The first-order valence-electron chi connectivity index (χ1n) is 12.3. The number of nitrogens with zero attached hydrogens (tertiary/aromatic N) is 1. The van der Waals surface area contributed by atoms with Gasteiger partial charge in [-0.25, -0.2) is 13.9 Å². The second-order valence-corrected chi connectivity index (χ2v) is 12.1. The molecule has 5 rings (SSSR count). The lowest BCUT2D eigenvalue weighted by molar-refractivity contribution is -0.134. The van der Waals surface area contributed by atoms with Gasteiger partial charge >= 0.3 is 0 Å². The average molecular weight is 565 g/mol. The minimum Gasteiger partial charge on any atom is -0.497 e. The number of hydrogen-bond acceptors (Lipinski definition) is 7. The Morgan fingerprint density at radius 1 is 1.00 bits per heavy atom. The topological polar surface area (TPSA) is 116 Å². The van der Waals surface area contributed by atoms with Gasteiger partial charge in [0.15, 0.2) is 0 Å². The Labute approximate surface area is 231 Å². The highest BCUT2D eigenvalue weighted by molar-refractivity contribution is 7.89. The highest BCUT2D eigenvalue weighted by Gasteiger charge is 2.46. The SMILES string of the molecule is COc1ccc(S(=O)(=O)N2C[C@H](O)c3sccc3[C@@H](Cc3ccc(-c4ccccc4)cc3)[C@@H]2C(=O)NO)cc1. The first kappa shape index (κ1) is 27.0. The predicted molar refractivity (Wildman–Crippen MR) is 148 cm³/mol. The number of hydroxylamine groups is 1. The van der Waals surface area contributed by atoms with E-state index in [4.69, 9.17) is 4.74 Å². The molecule has 10 heteroatoms. The maximum Gasteiger partial charge on any atom is 0.262 e. The summed E-state index contributed by atoms with van der Waals surface area (Å²) in [6, 6.07) is 24.1. The van der Waals surface area contributed by atoms with E-state index in [1.165, 1.54) is 42.7 Å². The number of carbonyl (C=O) groups is 1. The van der Waals surface area contributed by atoms with Crippen LogP contribution in [0.5, 0.6) is 5.75 Å². The summed E-state index contributed by atoms with van der Waals surface area (Å²) in [7, 11) is -2.78. The molecule has 1 aliphatic rings. The van der Waals surface area contributed by atoms with Gasteiger partial charge in [-0.15, -0.1) is 11.3 Å². The van der Waals surface area contributed by atoms with Crippen LogP contribution in [0.4, 0.5) is 0 Å². The predicted octanol–water partition coefficient (Wildman–Crippen LogP) is 4.36. The quantitative estimate of drug-likeness (QED) is 0.227. The third kappa shape index (κ3) is 5.34. The molecule has 1 aromatic heterocycles. The van der Waals surface area contributed by atoms with E-state index in [1.54, 1.807) is 5.48 Å². The summed E-state index contributed by atoms with van der Waals surface area (Å²) in [5, 5.41) is 22.6. The van der Waals surface area contributed by atoms with Crippen LogP contribution in [-0.4, -0.2) is 48.6 Å². The van der Waals surface area contributed by atoms with Crippen molar-refractivity contribution in [2.75, 3.05) is 13.7 Å². The summed E-state index contributed by atoms with van der Waals surface area (Å²) >= 11 is 1.31. The van der Waals surface area contributed by atoms with Crippen molar-refractivity contribution >= 4 is 27.3 Å². The Morgan fingerprint density at radius 3 is 2.31 bits per heavy atom. The Hall–Kier alpha value is -3.54. The number of sulfonamides is 1. The van der Waals surface area contributed by atoms with Crippen molar-refractivity contribution in [3.05, 3.63) is 106 Å². The van der Waals surface area contributed by atoms with Crippen molar-refractivity contribution in [2.45, 2.75) is 29.4 Å². The molecule has 39 heavy (non-hydrogen) atoms. The number of benzene rings is 3. The zero-order chi connectivity index (χ0) is 27.6. The van der Waals surface area contributed by atoms with Gasteiger partial charge in [-0.3, -0.25) is 10.0 Å². The smallest absolute Gasteiger partial charge is 0.262 e. The van der Waals surface area contributed by atoms with E-state index in [9.17, 15) is 23.5 Å². The normalized spacial score (nSPS) is 19.6. The van der Waals surface area contributed by atoms with Gasteiger partial charge in [0.2, 0.25) is 10.0 Å². The molecule has 0 aliphatic carbocycles. The number of amides is 1. The number of hydrogen-bond donors (Lipinski definition) is 3. The van der Waals surface area contributed by atoms with Crippen molar-refractivity contribution in [3.63, 3.8) is 0 Å². The number of aliphatic hydroxyl groups is 1. The van der Waals surface area contributed by atoms with Gasteiger partial charge in [0.25, 0.3) is 5.91 Å². The summed E-state index contributed by atoms with van der Waals surface area (Å²) in [5.74, 6) is -1.07. The maximum atomic E-state index is 13.9. The Balaban J connectivity index is 1.57. The molecule has 0 unspecified atom stereocenters. The Bertz CT molecular complexity index is 1540. The molecule has 0 radical (unpaired) electrons. The number of β-amino-alcohol motifs (C(OH)–C–C–N with tert-alkyl or cyclic N) is 1. The third-order valence-corrected chi connectivity index (χ3v) is 9.93. The van der Waals surface area contributed by atoms with Crippen LogP contribution in [0.15, 0.2) is 95.2 Å². The molecule has 1 amide bonds. The molecule has 0 spiro atoms. The van der Waals surface area contributed by atoms with E-state index in [-0.39, 0.29) is 11.4 Å². The Morgan fingerprint density at radius 2 is 1.67 bits per heavy atom. The van der Waals surface area contributed by atoms with Crippen LogP contribution < -0.4 is 10.2 Å². The Kier molecular flexibility index (Phi) is 7.83. The molecule has 202 valence electrons. The van der Waals surface area contributed by atoms with Crippen LogP contribution in [0, 0.1) is 0 Å². The molecule has 1 aliphatic heterocycles. The van der Waals surface area contributed by atoms with Crippen LogP contribution in [0.1, 0.15) is 28.0 Å². The van der Waals surface area contributed by atoms with Gasteiger partial charge in [-0.2, -0.15) is 4.31 Å². The van der Waals surface area contributed by atoms with E-state index >= 15 is 0 Å².